The second-order valence-corrected chi connectivity index (χ2v) is 11.7. The summed E-state index contributed by atoms with van der Waals surface area (Å²) in [6.45, 7) is 4.84. The van der Waals surface area contributed by atoms with Crippen molar-refractivity contribution in [3.63, 3.8) is 0 Å². The van der Waals surface area contributed by atoms with Crippen LogP contribution in [0.15, 0.2) is 91.0 Å². The number of rotatable bonds is 13. The highest BCUT2D eigenvalue weighted by Gasteiger charge is 2.38. The maximum atomic E-state index is 12.7. The van der Waals surface area contributed by atoms with Crippen LogP contribution in [0.4, 0.5) is 4.79 Å². The summed E-state index contributed by atoms with van der Waals surface area (Å²) >= 11 is 1.42. The van der Waals surface area contributed by atoms with E-state index in [4.69, 9.17) is 4.74 Å². The molecule has 3 aromatic carbocycles. The number of hydrogen-bond donors (Lipinski definition) is 3. The van der Waals surface area contributed by atoms with Gasteiger partial charge in [0.05, 0.1) is 11.3 Å². The molecule has 0 aromatic heterocycles. The number of ketones is 1. The first-order valence-electron chi connectivity index (χ1n) is 13.3. The second kappa shape index (κ2) is 14.5. The van der Waals surface area contributed by atoms with Crippen molar-refractivity contribution in [3.05, 3.63) is 108 Å². The molecular weight excluding hydrogens is 540 g/mol. The minimum Gasteiger partial charge on any atom is -0.480 e. The van der Waals surface area contributed by atoms with Crippen molar-refractivity contribution in [2.75, 3.05) is 12.3 Å². The summed E-state index contributed by atoms with van der Waals surface area (Å²) in [5.74, 6) is -2.04. The number of thioether (sulfide) groups is 1. The largest absolute Gasteiger partial charge is 0.480 e. The SMILES string of the molecule is CC(C)(C)OC(=O)NCC(=O)CCC(=O)NC(CSC(c1ccccc1)(c1ccccc1)c1ccccc1)C(=O)O. The van der Waals surface area contributed by atoms with Gasteiger partial charge >= 0.3 is 12.1 Å². The van der Waals surface area contributed by atoms with Crippen molar-refractivity contribution in [1.29, 1.82) is 0 Å². The van der Waals surface area contributed by atoms with Gasteiger partial charge in [0.25, 0.3) is 0 Å². The second-order valence-electron chi connectivity index (χ2n) is 10.4. The molecule has 0 aliphatic rings. The number of ether oxygens (including phenoxy) is 1. The van der Waals surface area contributed by atoms with E-state index in [1.165, 1.54) is 11.8 Å². The number of carbonyl (C=O) groups excluding carboxylic acids is 3. The first-order chi connectivity index (χ1) is 19.5. The molecule has 8 nitrogen and oxygen atoms in total. The van der Waals surface area contributed by atoms with Crippen LogP contribution in [0.2, 0.25) is 0 Å². The standard InChI is InChI=1S/C32H36N2O6S/c1-31(2,3)40-30(39)33-21-26(35)19-20-28(36)34-27(29(37)38)22-41-32(23-13-7-4-8-14-23,24-15-9-5-10-16-24)25-17-11-6-12-18-25/h4-18,27H,19-22H2,1-3H3,(H,33,39)(H,34,36)(H,37,38). The van der Waals surface area contributed by atoms with Gasteiger partial charge in [-0.1, -0.05) is 91.0 Å². The van der Waals surface area contributed by atoms with Crippen molar-refractivity contribution in [1.82, 2.24) is 10.6 Å². The fourth-order valence-electron chi connectivity index (χ4n) is 4.24. The Balaban J connectivity index is 1.73. The highest BCUT2D eigenvalue weighted by atomic mass is 32.2. The lowest BCUT2D eigenvalue weighted by Gasteiger charge is -2.36. The van der Waals surface area contributed by atoms with Gasteiger partial charge in [-0.2, -0.15) is 0 Å². The Kier molecular flexibility index (Phi) is 11.1. The molecule has 2 amide bonds. The van der Waals surface area contributed by atoms with E-state index in [1.54, 1.807) is 20.8 Å². The van der Waals surface area contributed by atoms with Gasteiger partial charge in [-0.3, -0.25) is 9.59 Å². The van der Waals surface area contributed by atoms with Gasteiger partial charge in [-0.15, -0.1) is 11.8 Å². The zero-order chi connectivity index (χ0) is 29.9. The molecule has 0 saturated carbocycles. The summed E-state index contributed by atoms with van der Waals surface area (Å²) in [5.41, 5.74) is 2.22. The number of carbonyl (C=O) groups is 4. The number of amides is 2. The molecule has 1 unspecified atom stereocenters. The van der Waals surface area contributed by atoms with Crippen molar-refractivity contribution in [2.24, 2.45) is 0 Å². The lowest BCUT2D eigenvalue weighted by Crippen LogP contribution is -2.44. The van der Waals surface area contributed by atoms with Gasteiger partial charge in [0.2, 0.25) is 5.91 Å². The predicted molar refractivity (Wildman–Crippen MR) is 160 cm³/mol. The molecule has 0 aliphatic heterocycles. The van der Waals surface area contributed by atoms with Crippen molar-refractivity contribution < 1.29 is 29.0 Å². The summed E-state index contributed by atoms with van der Waals surface area (Å²) in [7, 11) is 0. The fraction of sp³-hybridized carbons (Fsp3) is 0.312. The molecule has 0 radical (unpaired) electrons. The number of nitrogens with one attached hydrogen (secondary N) is 2. The van der Waals surface area contributed by atoms with Crippen LogP contribution in [0.1, 0.15) is 50.3 Å². The van der Waals surface area contributed by atoms with Crippen LogP contribution < -0.4 is 10.6 Å². The molecule has 3 rings (SSSR count). The van der Waals surface area contributed by atoms with Crippen LogP contribution in [0.3, 0.4) is 0 Å². The monoisotopic (exact) mass is 576 g/mol. The highest BCUT2D eigenvalue weighted by molar-refractivity contribution is 8.00. The number of hydrogen-bond acceptors (Lipinski definition) is 6. The first kappa shape index (κ1) is 31.4. The Labute approximate surface area is 244 Å². The third-order valence-electron chi connectivity index (χ3n) is 6.10. The van der Waals surface area contributed by atoms with Crippen LogP contribution in [-0.2, 0) is 23.9 Å². The molecule has 0 bridgehead atoms. The number of carboxylic acids is 1. The molecular formula is C32H36N2O6S. The van der Waals surface area contributed by atoms with Gasteiger partial charge in [-0.25, -0.2) is 9.59 Å². The van der Waals surface area contributed by atoms with Crippen molar-refractivity contribution in [3.8, 4) is 0 Å². The summed E-state index contributed by atoms with van der Waals surface area (Å²) in [6.07, 6.45) is -1.08. The Hall–Kier alpha value is -4.11. The van der Waals surface area contributed by atoms with Gasteiger partial charge in [-0.05, 0) is 37.5 Å². The van der Waals surface area contributed by atoms with E-state index < -0.39 is 34.4 Å². The summed E-state index contributed by atoms with van der Waals surface area (Å²) < 4.78 is 4.35. The molecule has 0 spiro atoms. The van der Waals surface area contributed by atoms with E-state index in [2.05, 4.69) is 10.6 Å². The van der Waals surface area contributed by atoms with E-state index in [0.717, 1.165) is 16.7 Å². The zero-order valence-electron chi connectivity index (χ0n) is 23.5. The quantitative estimate of drug-likeness (QED) is 0.241. The number of Topliss-reactive ketones (excluding diaryl/α,β-unsaturated/α-hetero) is 1. The summed E-state index contributed by atoms with van der Waals surface area (Å²) in [5, 5.41) is 14.9. The Morgan fingerprint density at radius 1 is 0.780 bits per heavy atom. The molecule has 216 valence electrons. The predicted octanol–water partition coefficient (Wildman–Crippen LogP) is 5.16. The van der Waals surface area contributed by atoms with Crippen LogP contribution in [-0.4, -0.2) is 52.8 Å². The number of carboxylic acid groups (broad SMARTS) is 1. The minimum atomic E-state index is -1.20. The molecule has 9 heteroatoms. The van der Waals surface area contributed by atoms with Crippen molar-refractivity contribution in [2.45, 2.75) is 50.0 Å². The van der Waals surface area contributed by atoms with E-state index in [1.807, 2.05) is 91.0 Å². The third kappa shape index (κ3) is 9.21. The fourth-order valence-corrected chi connectivity index (χ4v) is 5.80. The number of benzene rings is 3. The van der Waals surface area contributed by atoms with Crippen LogP contribution in [0.25, 0.3) is 0 Å². The Morgan fingerprint density at radius 3 is 1.66 bits per heavy atom. The van der Waals surface area contributed by atoms with Gasteiger partial charge in [0.15, 0.2) is 5.78 Å². The van der Waals surface area contributed by atoms with E-state index in [9.17, 15) is 24.3 Å². The molecule has 41 heavy (non-hydrogen) atoms. The maximum Gasteiger partial charge on any atom is 0.408 e. The highest BCUT2D eigenvalue weighted by Crippen LogP contribution is 2.48. The Bertz CT molecular complexity index is 1210. The number of alkyl carbamates (subject to hydrolysis) is 1. The van der Waals surface area contributed by atoms with E-state index >= 15 is 0 Å². The van der Waals surface area contributed by atoms with Crippen LogP contribution in [0, 0.1) is 0 Å². The van der Waals surface area contributed by atoms with Crippen LogP contribution >= 0.6 is 11.8 Å². The zero-order valence-corrected chi connectivity index (χ0v) is 24.3. The number of aliphatic carboxylic acids is 1. The third-order valence-corrected chi connectivity index (χ3v) is 7.74. The molecule has 0 saturated heterocycles. The average molecular weight is 577 g/mol. The average Bonchev–Trinajstić information content (AvgIpc) is 2.95. The molecule has 0 heterocycles. The van der Waals surface area contributed by atoms with E-state index in [0.29, 0.717) is 0 Å². The maximum absolute atomic E-state index is 12.7. The molecule has 0 aliphatic carbocycles. The molecule has 0 fully saturated rings. The minimum absolute atomic E-state index is 0.0634. The lowest BCUT2D eigenvalue weighted by atomic mass is 9.84. The van der Waals surface area contributed by atoms with Crippen molar-refractivity contribution >= 4 is 35.5 Å². The smallest absolute Gasteiger partial charge is 0.408 e. The first-order valence-corrected chi connectivity index (χ1v) is 14.3. The molecule has 3 N–H and O–H groups in total. The molecule has 1 atom stereocenters. The topological polar surface area (TPSA) is 122 Å². The molecule has 3 aromatic rings. The lowest BCUT2D eigenvalue weighted by molar-refractivity contribution is -0.141. The normalized spacial score (nSPS) is 12.2. The summed E-state index contributed by atoms with van der Waals surface area (Å²) in [6, 6.07) is 28.3. The van der Waals surface area contributed by atoms with Gasteiger partial charge in [0, 0.05) is 18.6 Å². The Morgan fingerprint density at radius 2 is 1.24 bits per heavy atom. The van der Waals surface area contributed by atoms with Gasteiger partial charge < -0.3 is 20.5 Å². The summed E-state index contributed by atoms with van der Waals surface area (Å²) in [4.78, 5) is 48.9. The van der Waals surface area contributed by atoms with Crippen LogP contribution in [0.5, 0.6) is 0 Å². The van der Waals surface area contributed by atoms with E-state index in [-0.39, 0.29) is 30.9 Å². The van der Waals surface area contributed by atoms with Gasteiger partial charge in [0.1, 0.15) is 11.6 Å².